The summed E-state index contributed by atoms with van der Waals surface area (Å²) in [5.74, 6) is -1.18. The molecule has 0 spiro atoms. The van der Waals surface area contributed by atoms with Crippen molar-refractivity contribution in [3.63, 3.8) is 0 Å². The number of hydrogen-bond donors (Lipinski definition) is 1. The van der Waals surface area contributed by atoms with Crippen LogP contribution < -0.4 is 0 Å². The van der Waals surface area contributed by atoms with Crippen molar-refractivity contribution in [1.29, 1.82) is 0 Å². The molecule has 7 heteroatoms. The van der Waals surface area contributed by atoms with Crippen LogP contribution in [0.25, 0.3) is 0 Å². The summed E-state index contributed by atoms with van der Waals surface area (Å²) in [6.45, 7) is 2.38. The van der Waals surface area contributed by atoms with Gasteiger partial charge in [0.15, 0.2) is 0 Å². The normalized spacial score (nSPS) is 23.9. The highest BCUT2D eigenvalue weighted by Crippen LogP contribution is 2.24. The molecule has 0 saturated carbocycles. The zero-order chi connectivity index (χ0) is 12.4. The number of nitrogens with zero attached hydrogens (tertiary/aromatic N) is 4. The Morgan fingerprint density at radius 2 is 2.29 bits per heavy atom. The number of carbonyl (C=O) groups excluding carboxylic acids is 1. The maximum atomic E-state index is 11.9. The number of hydrogen-bond acceptors (Lipinski definition) is 4. The summed E-state index contributed by atoms with van der Waals surface area (Å²) >= 11 is 0. The van der Waals surface area contributed by atoms with Crippen LogP contribution in [0.5, 0.6) is 0 Å². The first-order valence-corrected chi connectivity index (χ1v) is 5.46. The fourth-order valence-corrected chi connectivity index (χ4v) is 2.15. The average molecular weight is 238 g/mol. The third kappa shape index (κ3) is 2.27. The van der Waals surface area contributed by atoms with Gasteiger partial charge < -0.3 is 10.0 Å². The predicted molar refractivity (Wildman–Crippen MR) is 56.9 cm³/mol. The molecular formula is C10H14N4O3. The van der Waals surface area contributed by atoms with Crippen LogP contribution in [0.15, 0.2) is 12.4 Å². The molecule has 2 unspecified atom stereocenters. The van der Waals surface area contributed by atoms with Crippen LogP contribution in [0.4, 0.5) is 0 Å². The number of aromatic nitrogens is 3. The number of aliphatic carboxylic acids is 1. The first-order chi connectivity index (χ1) is 8.09. The number of carboxylic acids is 1. The van der Waals surface area contributed by atoms with Gasteiger partial charge in [0.1, 0.15) is 12.6 Å². The number of likely N-dealkylation sites (tertiary alicyclic amines) is 1. The number of carbonyl (C=O) groups is 2. The summed E-state index contributed by atoms with van der Waals surface area (Å²) < 4.78 is 1.39. The van der Waals surface area contributed by atoms with Crippen LogP contribution in [-0.2, 0) is 16.1 Å². The Morgan fingerprint density at radius 3 is 2.88 bits per heavy atom. The van der Waals surface area contributed by atoms with E-state index in [0.717, 1.165) is 6.42 Å². The van der Waals surface area contributed by atoms with Crippen LogP contribution in [-0.4, -0.2) is 49.5 Å². The smallest absolute Gasteiger partial charge is 0.326 e. The van der Waals surface area contributed by atoms with Gasteiger partial charge in [0.25, 0.3) is 0 Å². The Labute approximate surface area is 98.0 Å². The molecular weight excluding hydrogens is 224 g/mol. The number of carboxylic acid groups (broad SMARTS) is 1. The zero-order valence-corrected chi connectivity index (χ0v) is 9.48. The summed E-state index contributed by atoms with van der Waals surface area (Å²) in [4.78, 5) is 24.5. The highest BCUT2D eigenvalue weighted by atomic mass is 16.4. The molecule has 2 rings (SSSR count). The van der Waals surface area contributed by atoms with Crippen LogP contribution in [0.3, 0.4) is 0 Å². The van der Waals surface area contributed by atoms with E-state index in [-0.39, 0.29) is 18.4 Å². The maximum Gasteiger partial charge on any atom is 0.326 e. The van der Waals surface area contributed by atoms with Crippen molar-refractivity contribution >= 4 is 11.9 Å². The van der Waals surface area contributed by atoms with E-state index in [9.17, 15) is 9.59 Å². The molecule has 2 atom stereocenters. The highest BCUT2D eigenvalue weighted by Gasteiger charge is 2.39. The molecule has 7 nitrogen and oxygen atoms in total. The Kier molecular flexibility index (Phi) is 3.08. The van der Waals surface area contributed by atoms with Crippen molar-refractivity contribution in [1.82, 2.24) is 19.9 Å². The standard InChI is InChI=1S/C10H14N4O3/c1-7-2-4-14(9(7)10(16)17)8(15)6-13-5-3-11-12-13/h3,5,7,9H,2,4,6H2,1H3,(H,16,17). The number of rotatable bonds is 3. The SMILES string of the molecule is CC1CCN(C(=O)Cn2ccnn2)C1C(=O)O. The van der Waals surface area contributed by atoms with E-state index in [1.54, 1.807) is 6.20 Å². The number of amides is 1. The molecule has 1 aromatic rings. The fraction of sp³-hybridized carbons (Fsp3) is 0.600. The Morgan fingerprint density at radius 1 is 1.53 bits per heavy atom. The van der Waals surface area contributed by atoms with Gasteiger partial charge >= 0.3 is 5.97 Å². The monoisotopic (exact) mass is 238 g/mol. The first kappa shape index (κ1) is 11.6. The molecule has 0 aromatic carbocycles. The van der Waals surface area contributed by atoms with Gasteiger partial charge in [-0.2, -0.15) is 0 Å². The van der Waals surface area contributed by atoms with E-state index in [0.29, 0.717) is 6.54 Å². The zero-order valence-electron chi connectivity index (χ0n) is 9.48. The van der Waals surface area contributed by atoms with Crippen molar-refractivity contribution in [2.45, 2.75) is 25.9 Å². The second kappa shape index (κ2) is 4.52. The molecule has 0 aliphatic carbocycles. The van der Waals surface area contributed by atoms with Crippen LogP contribution >= 0.6 is 0 Å². The molecule has 17 heavy (non-hydrogen) atoms. The molecule has 1 saturated heterocycles. The summed E-state index contributed by atoms with van der Waals surface area (Å²) in [7, 11) is 0. The van der Waals surface area contributed by atoms with Crippen LogP contribution in [0, 0.1) is 5.92 Å². The second-order valence-electron chi connectivity index (χ2n) is 4.24. The van der Waals surface area contributed by atoms with E-state index in [1.807, 2.05) is 6.92 Å². The summed E-state index contributed by atoms with van der Waals surface area (Å²) in [6, 6.07) is -0.717. The lowest BCUT2D eigenvalue weighted by molar-refractivity contribution is -0.149. The summed E-state index contributed by atoms with van der Waals surface area (Å²) in [5.41, 5.74) is 0. The van der Waals surface area contributed by atoms with Gasteiger partial charge in [-0.1, -0.05) is 12.1 Å². The van der Waals surface area contributed by atoms with Gasteiger partial charge in [-0.05, 0) is 12.3 Å². The molecule has 92 valence electrons. The van der Waals surface area contributed by atoms with Crippen molar-refractivity contribution in [2.75, 3.05) is 6.54 Å². The van der Waals surface area contributed by atoms with Gasteiger partial charge in [0, 0.05) is 12.7 Å². The molecule has 1 aromatic heterocycles. The molecule has 1 aliphatic heterocycles. The summed E-state index contributed by atoms with van der Waals surface area (Å²) in [6.07, 6.45) is 3.78. The average Bonchev–Trinajstić information content (AvgIpc) is 2.86. The first-order valence-electron chi connectivity index (χ1n) is 5.46. The van der Waals surface area contributed by atoms with Crippen molar-refractivity contribution < 1.29 is 14.7 Å². The molecule has 1 aliphatic rings. The van der Waals surface area contributed by atoms with Gasteiger partial charge in [-0.3, -0.25) is 4.79 Å². The minimum absolute atomic E-state index is 0.00723. The fourth-order valence-electron chi connectivity index (χ4n) is 2.15. The topological polar surface area (TPSA) is 88.3 Å². The van der Waals surface area contributed by atoms with E-state index in [4.69, 9.17) is 5.11 Å². The lowest BCUT2D eigenvalue weighted by Crippen LogP contribution is -2.44. The molecule has 1 amide bonds. The van der Waals surface area contributed by atoms with E-state index < -0.39 is 12.0 Å². The van der Waals surface area contributed by atoms with Gasteiger partial charge in [-0.25, -0.2) is 9.48 Å². The van der Waals surface area contributed by atoms with Gasteiger partial charge in [0.05, 0.1) is 6.20 Å². The van der Waals surface area contributed by atoms with Crippen molar-refractivity contribution in [2.24, 2.45) is 5.92 Å². The molecule has 1 fully saturated rings. The minimum atomic E-state index is -0.943. The van der Waals surface area contributed by atoms with Crippen LogP contribution in [0.2, 0.25) is 0 Å². The van der Waals surface area contributed by atoms with Crippen LogP contribution in [0.1, 0.15) is 13.3 Å². The van der Waals surface area contributed by atoms with E-state index >= 15 is 0 Å². The quantitative estimate of drug-likeness (QED) is 0.774. The molecule has 0 radical (unpaired) electrons. The highest BCUT2D eigenvalue weighted by molar-refractivity contribution is 5.84. The largest absolute Gasteiger partial charge is 0.480 e. The van der Waals surface area contributed by atoms with Gasteiger partial charge in [-0.15, -0.1) is 5.10 Å². The predicted octanol–water partition coefficient (Wildman–Crippen LogP) is -0.400. The van der Waals surface area contributed by atoms with Gasteiger partial charge in [0.2, 0.25) is 5.91 Å². The minimum Gasteiger partial charge on any atom is -0.480 e. The second-order valence-corrected chi connectivity index (χ2v) is 4.24. The van der Waals surface area contributed by atoms with Crippen molar-refractivity contribution in [3.05, 3.63) is 12.4 Å². The van der Waals surface area contributed by atoms with Crippen molar-refractivity contribution in [3.8, 4) is 0 Å². The Balaban J connectivity index is 2.06. The molecule has 2 heterocycles. The van der Waals surface area contributed by atoms with E-state index in [1.165, 1.54) is 15.8 Å². The third-order valence-electron chi connectivity index (χ3n) is 3.04. The Hall–Kier alpha value is -1.92. The summed E-state index contributed by atoms with van der Waals surface area (Å²) in [5, 5.41) is 16.4. The third-order valence-corrected chi connectivity index (χ3v) is 3.04. The molecule has 1 N–H and O–H groups in total. The lowest BCUT2D eigenvalue weighted by atomic mass is 10.0. The lowest BCUT2D eigenvalue weighted by Gasteiger charge is -2.23. The maximum absolute atomic E-state index is 11.9. The van der Waals surface area contributed by atoms with E-state index in [2.05, 4.69) is 10.3 Å². The Bertz CT molecular complexity index is 417. The molecule has 0 bridgehead atoms.